The van der Waals surface area contributed by atoms with Gasteiger partial charge in [0.1, 0.15) is 17.5 Å². The summed E-state index contributed by atoms with van der Waals surface area (Å²) in [6, 6.07) is 27.1. The molecule has 226 valence electrons. The van der Waals surface area contributed by atoms with Gasteiger partial charge < -0.3 is 19.5 Å². The lowest BCUT2D eigenvalue weighted by atomic mass is 10.1. The highest BCUT2D eigenvalue weighted by atomic mass is 19.3. The first-order valence-electron chi connectivity index (χ1n) is 14.5. The molecule has 0 spiro atoms. The number of nitrogens with one attached hydrogen (secondary N) is 1. The molecule has 0 bridgehead atoms. The molecule has 1 atom stereocenters. The lowest BCUT2D eigenvalue weighted by Crippen LogP contribution is -2.42. The SMILES string of the molecule is Cc1ccc(C(=O)NC2CCN(c3ccccc3OC(F)F)C2=O)c(-n2cc(Cn3c4ccccc4c4ccccc43)nn2)c1. The van der Waals surface area contributed by atoms with Crippen LogP contribution in [0.4, 0.5) is 14.5 Å². The molecule has 9 nitrogen and oxygen atoms in total. The van der Waals surface area contributed by atoms with Gasteiger partial charge in [0.15, 0.2) is 0 Å². The minimum atomic E-state index is -3.03. The zero-order valence-electron chi connectivity index (χ0n) is 24.2. The second kappa shape index (κ2) is 11.5. The average molecular weight is 607 g/mol. The number of benzene rings is 4. The molecule has 45 heavy (non-hydrogen) atoms. The number of ether oxygens (including phenoxy) is 1. The summed E-state index contributed by atoms with van der Waals surface area (Å²) in [4.78, 5) is 28.2. The highest BCUT2D eigenvalue weighted by Gasteiger charge is 2.35. The lowest BCUT2D eigenvalue weighted by Gasteiger charge is -2.20. The summed E-state index contributed by atoms with van der Waals surface area (Å²) in [5.41, 5.74) is 4.87. The molecule has 3 heterocycles. The fourth-order valence-corrected chi connectivity index (χ4v) is 6.01. The molecule has 6 aromatic rings. The molecule has 0 radical (unpaired) electrons. The van der Waals surface area contributed by atoms with Gasteiger partial charge in [0.25, 0.3) is 5.91 Å². The Hall–Kier alpha value is -5.58. The second-order valence-electron chi connectivity index (χ2n) is 10.9. The number of alkyl halides is 2. The highest BCUT2D eigenvalue weighted by molar-refractivity contribution is 6.08. The lowest BCUT2D eigenvalue weighted by molar-refractivity contribution is -0.118. The Morgan fingerprint density at radius 2 is 1.64 bits per heavy atom. The van der Waals surface area contributed by atoms with Gasteiger partial charge >= 0.3 is 6.61 Å². The van der Waals surface area contributed by atoms with E-state index in [2.05, 4.69) is 49.2 Å². The number of aryl methyl sites for hydroxylation is 1. The van der Waals surface area contributed by atoms with E-state index in [0.717, 1.165) is 27.4 Å². The number of hydrogen-bond acceptors (Lipinski definition) is 5. The van der Waals surface area contributed by atoms with Crippen molar-refractivity contribution >= 4 is 39.3 Å². The molecule has 0 saturated carbocycles. The van der Waals surface area contributed by atoms with Crippen molar-refractivity contribution in [2.45, 2.75) is 32.5 Å². The van der Waals surface area contributed by atoms with E-state index in [-0.39, 0.29) is 18.0 Å². The van der Waals surface area contributed by atoms with Crippen LogP contribution in [0.25, 0.3) is 27.5 Å². The number of hydrogen-bond donors (Lipinski definition) is 1. The molecule has 7 rings (SSSR count). The Kier molecular flexibility index (Phi) is 7.20. The Morgan fingerprint density at radius 1 is 0.956 bits per heavy atom. The standard InChI is InChI=1S/C34H28F2N6O3/c1-21-14-15-25(32(43)37-26-16-17-40(33(26)44)29-12-6-7-13-31(29)45-34(35)36)30(18-21)42-20-22(38-39-42)19-41-27-10-4-2-8-23(27)24-9-3-5-11-28(24)41/h2-15,18,20,26,34H,16-17,19H2,1H3,(H,37,43). The number of rotatable bonds is 8. The third-order valence-corrected chi connectivity index (χ3v) is 8.07. The van der Waals surface area contributed by atoms with Gasteiger partial charge in [-0.3, -0.25) is 9.59 Å². The maximum Gasteiger partial charge on any atom is 0.387 e. The van der Waals surface area contributed by atoms with Crippen LogP contribution in [0.5, 0.6) is 5.75 Å². The molecule has 1 fully saturated rings. The molecule has 1 aliphatic heterocycles. The first-order chi connectivity index (χ1) is 21.9. The Balaban J connectivity index is 1.13. The number of aromatic nitrogens is 4. The topological polar surface area (TPSA) is 94.3 Å². The van der Waals surface area contributed by atoms with Crippen LogP contribution >= 0.6 is 0 Å². The monoisotopic (exact) mass is 606 g/mol. The first-order valence-corrected chi connectivity index (χ1v) is 14.5. The molecule has 4 aromatic carbocycles. The highest BCUT2D eigenvalue weighted by Crippen LogP contribution is 2.33. The maximum atomic E-state index is 13.6. The number of fused-ring (bicyclic) bond motifs is 3. The first kappa shape index (κ1) is 28.2. The number of amides is 2. The van der Waals surface area contributed by atoms with Crippen LogP contribution < -0.4 is 15.0 Å². The Morgan fingerprint density at radius 3 is 2.38 bits per heavy atom. The Labute approximate surface area is 256 Å². The van der Waals surface area contributed by atoms with Gasteiger partial charge in [-0.05, 0) is 55.3 Å². The summed E-state index contributed by atoms with van der Waals surface area (Å²) < 4.78 is 34.3. The average Bonchev–Trinajstić information content (AvgIpc) is 3.74. The summed E-state index contributed by atoms with van der Waals surface area (Å²) in [6.07, 6.45) is 2.11. The van der Waals surface area contributed by atoms with E-state index in [4.69, 9.17) is 0 Å². The van der Waals surface area contributed by atoms with Gasteiger partial charge in [-0.2, -0.15) is 8.78 Å². The molecule has 2 amide bonds. The van der Waals surface area contributed by atoms with Crippen LogP contribution in [0.1, 0.15) is 28.0 Å². The summed E-state index contributed by atoms with van der Waals surface area (Å²) in [7, 11) is 0. The summed E-state index contributed by atoms with van der Waals surface area (Å²) in [5.74, 6) is -0.963. The van der Waals surface area contributed by atoms with Crippen LogP contribution in [-0.4, -0.2) is 50.6 Å². The molecule has 1 saturated heterocycles. The zero-order valence-corrected chi connectivity index (χ0v) is 24.2. The van der Waals surface area contributed by atoms with Crippen molar-refractivity contribution in [2.24, 2.45) is 0 Å². The predicted molar refractivity (Wildman–Crippen MR) is 166 cm³/mol. The summed E-state index contributed by atoms with van der Waals surface area (Å²) in [6.45, 7) is -0.398. The number of carbonyl (C=O) groups excluding carboxylic acids is 2. The third kappa shape index (κ3) is 5.26. The zero-order chi connectivity index (χ0) is 31.1. The van der Waals surface area contributed by atoms with Crippen LogP contribution in [0, 0.1) is 6.92 Å². The van der Waals surface area contributed by atoms with Crippen molar-refractivity contribution in [3.63, 3.8) is 0 Å². The molecular formula is C34H28F2N6O3. The maximum absolute atomic E-state index is 13.6. The molecule has 11 heteroatoms. The van der Waals surface area contributed by atoms with Crippen LogP contribution in [0.15, 0.2) is 97.2 Å². The number of nitrogens with zero attached hydrogens (tertiary/aromatic N) is 5. The predicted octanol–water partition coefficient (Wildman–Crippen LogP) is 5.87. The van der Waals surface area contributed by atoms with E-state index in [9.17, 15) is 18.4 Å². The van der Waals surface area contributed by atoms with Crippen molar-refractivity contribution in [3.05, 3.63) is 114 Å². The Bertz CT molecular complexity index is 2020. The minimum absolute atomic E-state index is 0.100. The fourth-order valence-electron chi connectivity index (χ4n) is 6.01. The number of anilines is 1. The van der Waals surface area contributed by atoms with E-state index >= 15 is 0 Å². The van der Waals surface area contributed by atoms with Crippen molar-refractivity contribution in [1.82, 2.24) is 24.9 Å². The molecular weight excluding hydrogens is 578 g/mol. The van der Waals surface area contributed by atoms with E-state index in [1.807, 2.05) is 43.3 Å². The fraction of sp³-hybridized carbons (Fsp3) is 0.176. The quantitative estimate of drug-likeness (QED) is 0.234. The summed E-state index contributed by atoms with van der Waals surface area (Å²) >= 11 is 0. The molecule has 0 aliphatic carbocycles. The van der Waals surface area contributed by atoms with Gasteiger partial charge in [-0.1, -0.05) is 59.8 Å². The van der Waals surface area contributed by atoms with E-state index in [0.29, 0.717) is 29.9 Å². The van der Waals surface area contributed by atoms with Crippen molar-refractivity contribution in [3.8, 4) is 11.4 Å². The van der Waals surface area contributed by atoms with Crippen LogP contribution in [-0.2, 0) is 11.3 Å². The minimum Gasteiger partial charge on any atom is -0.433 e. The van der Waals surface area contributed by atoms with Crippen LogP contribution in [0.3, 0.4) is 0 Å². The number of para-hydroxylation sites is 4. The number of halogens is 2. The van der Waals surface area contributed by atoms with Gasteiger partial charge in [-0.15, -0.1) is 5.10 Å². The second-order valence-corrected chi connectivity index (χ2v) is 10.9. The third-order valence-electron chi connectivity index (χ3n) is 8.07. The van der Waals surface area contributed by atoms with E-state index < -0.39 is 24.5 Å². The smallest absolute Gasteiger partial charge is 0.387 e. The van der Waals surface area contributed by atoms with E-state index in [1.165, 1.54) is 11.0 Å². The van der Waals surface area contributed by atoms with Gasteiger partial charge in [0.2, 0.25) is 5.91 Å². The van der Waals surface area contributed by atoms with Gasteiger partial charge in [0.05, 0.1) is 29.7 Å². The van der Waals surface area contributed by atoms with Crippen molar-refractivity contribution < 1.29 is 23.1 Å². The molecule has 2 aromatic heterocycles. The van der Waals surface area contributed by atoms with Crippen molar-refractivity contribution in [1.29, 1.82) is 0 Å². The molecule has 1 aliphatic rings. The summed E-state index contributed by atoms with van der Waals surface area (Å²) in [5, 5.41) is 13.9. The molecule has 1 unspecified atom stereocenters. The molecule has 1 N–H and O–H groups in total. The van der Waals surface area contributed by atoms with Gasteiger partial charge in [-0.25, -0.2) is 4.68 Å². The van der Waals surface area contributed by atoms with Crippen LogP contribution in [0.2, 0.25) is 0 Å². The van der Waals surface area contributed by atoms with E-state index in [1.54, 1.807) is 35.1 Å². The van der Waals surface area contributed by atoms with Crippen molar-refractivity contribution in [2.75, 3.05) is 11.4 Å². The van der Waals surface area contributed by atoms with Gasteiger partial charge in [0, 0.05) is 28.4 Å². The normalized spacial score (nSPS) is 15.0. The number of carbonyl (C=O) groups is 2. The largest absolute Gasteiger partial charge is 0.433 e.